The van der Waals surface area contributed by atoms with E-state index in [0.29, 0.717) is 12.2 Å². The molecule has 1 atom stereocenters. The molecule has 2 rings (SSSR count). The maximum atomic E-state index is 12.7. The minimum Gasteiger partial charge on any atom is -0.383 e. The van der Waals surface area contributed by atoms with Crippen LogP contribution in [0.2, 0.25) is 0 Å². The predicted molar refractivity (Wildman–Crippen MR) is 98.6 cm³/mol. The van der Waals surface area contributed by atoms with Gasteiger partial charge in [-0.2, -0.15) is 0 Å². The highest BCUT2D eigenvalue weighted by Crippen LogP contribution is 2.22. The van der Waals surface area contributed by atoms with E-state index in [1.54, 1.807) is 14.0 Å². The van der Waals surface area contributed by atoms with E-state index in [2.05, 4.69) is 10.0 Å². The maximum absolute atomic E-state index is 12.7. The number of hydrogen-bond acceptors (Lipinski definition) is 6. The molecule has 0 radical (unpaired) electrons. The molecule has 1 aromatic carbocycles. The molecule has 1 aliphatic rings. The minimum atomic E-state index is -3.83. The van der Waals surface area contributed by atoms with Crippen LogP contribution in [0.3, 0.4) is 0 Å². The first-order valence-corrected chi connectivity index (χ1v) is 11.0. The van der Waals surface area contributed by atoms with Gasteiger partial charge in [0.15, 0.2) is 9.84 Å². The fourth-order valence-corrected chi connectivity index (χ4v) is 5.00. The lowest BCUT2D eigenvalue weighted by atomic mass is 9.99. The Morgan fingerprint density at radius 2 is 1.96 bits per heavy atom. The summed E-state index contributed by atoms with van der Waals surface area (Å²) < 4.78 is 56.5. The zero-order valence-corrected chi connectivity index (χ0v) is 17.0. The van der Waals surface area contributed by atoms with Crippen LogP contribution in [0.15, 0.2) is 28.0 Å². The van der Waals surface area contributed by atoms with E-state index in [4.69, 9.17) is 4.74 Å². The highest BCUT2D eigenvalue weighted by atomic mass is 35.5. The lowest BCUT2D eigenvalue weighted by molar-refractivity contribution is 0.122. The van der Waals surface area contributed by atoms with Gasteiger partial charge in [0.2, 0.25) is 10.0 Å². The second-order valence-electron chi connectivity index (χ2n) is 6.27. The Bertz CT molecular complexity index is 803. The molecular weight excluding hydrogens is 388 g/mol. The molecule has 0 saturated carbocycles. The Morgan fingerprint density at radius 1 is 1.28 bits per heavy atom. The molecule has 0 aliphatic carbocycles. The minimum absolute atomic E-state index is 0. The van der Waals surface area contributed by atoms with Crippen molar-refractivity contribution in [2.24, 2.45) is 0 Å². The molecule has 7 nitrogen and oxygen atoms in total. The Labute approximate surface area is 155 Å². The van der Waals surface area contributed by atoms with Crippen molar-refractivity contribution in [3.05, 3.63) is 23.8 Å². The third-order valence-corrected chi connectivity index (χ3v) is 6.88. The molecule has 1 aromatic rings. The van der Waals surface area contributed by atoms with Crippen LogP contribution < -0.4 is 10.0 Å². The first kappa shape index (κ1) is 22.3. The molecule has 1 aliphatic heterocycles. The van der Waals surface area contributed by atoms with E-state index in [0.717, 1.165) is 25.6 Å². The molecule has 1 saturated heterocycles. The lowest BCUT2D eigenvalue weighted by Crippen LogP contribution is -2.52. The number of sulfonamides is 1. The van der Waals surface area contributed by atoms with Crippen molar-refractivity contribution < 1.29 is 21.6 Å². The van der Waals surface area contributed by atoms with Crippen molar-refractivity contribution in [1.29, 1.82) is 0 Å². The number of nitrogens with one attached hydrogen (secondary N) is 2. The van der Waals surface area contributed by atoms with Crippen LogP contribution in [0.4, 0.5) is 0 Å². The summed E-state index contributed by atoms with van der Waals surface area (Å²) in [5.41, 5.74) is 0.0690. The summed E-state index contributed by atoms with van der Waals surface area (Å²) in [6.07, 6.45) is 2.82. The zero-order chi connectivity index (χ0) is 18.0. The van der Waals surface area contributed by atoms with Gasteiger partial charge in [-0.25, -0.2) is 21.6 Å². The molecule has 1 fully saturated rings. The predicted octanol–water partition coefficient (Wildman–Crippen LogP) is 0.867. The van der Waals surface area contributed by atoms with Crippen LogP contribution in [-0.4, -0.2) is 55.4 Å². The number of rotatable bonds is 7. The molecular formula is C15H25ClN2O5S2. The average Bonchev–Trinajstić information content (AvgIpc) is 2.94. The monoisotopic (exact) mass is 412 g/mol. The largest absolute Gasteiger partial charge is 0.383 e. The quantitative estimate of drug-likeness (QED) is 0.689. The van der Waals surface area contributed by atoms with Gasteiger partial charge in [0.05, 0.1) is 21.9 Å². The first-order chi connectivity index (χ1) is 11.1. The van der Waals surface area contributed by atoms with Crippen molar-refractivity contribution in [3.8, 4) is 0 Å². The molecule has 0 spiro atoms. The van der Waals surface area contributed by atoms with E-state index >= 15 is 0 Å². The van der Waals surface area contributed by atoms with Crippen LogP contribution in [0.5, 0.6) is 0 Å². The van der Waals surface area contributed by atoms with Crippen LogP contribution in [0.1, 0.15) is 18.4 Å². The molecule has 0 amide bonds. The van der Waals surface area contributed by atoms with Crippen LogP contribution in [-0.2, 0) is 24.6 Å². The highest BCUT2D eigenvalue weighted by Gasteiger charge is 2.35. The van der Waals surface area contributed by atoms with E-state index < -0.39 is 25.4 Å². The van der Waals surface area contributed by atoms with Crippen LogP contribution in [0, 0.1) is 6.92 Å². The Kier molecular flexibility index (Phi) is 7.43. The van der Waals surface area contributed by atoms with Crippen molar-refractivity contribution in [2.45, 2.75) is 35.1 Å². The fourth-order valence-electron chi connectivity index (χ4n) is 2.88. The topological polar surface area (TPSA) is 102 Å². The van der Waals surface area contributed by atoms with Gasteiger partial charge in [0.1, 0.15) is 0 Å². The Hall–Kier alpha value is -0.710. The molecule has 2 N–H and O–H groups in total. The SMILES string of the molecule is COCC1(CNS(=O)(=O)c2cc(S(C)(=O)=O)ccc2C)CCCN1.Cl. The number of methoxy groups -OCH3 is 1. The molecule has 1 unspecified atom stereocenters. The number of sulfone groups is 1. The summed E-state index contributed by atoms with van der Waals surface area (Å²) in [5, 5.41) is 3.30. The second kappa shape index (κ2) is 8.32. The van der Waals surface area contributed by atoms with E-state index in [-0.39, 0.29) is 28.7 Å². The third-order valence-electron chi connectivity index (χ3n) is 4.23. The van der Waals surface area contributed by atoms with Gasteiger partial charge in [-0.3, -0.25) is 0 Å². The highest BCUT2D eigenvalue weighted by molar-refractivity contribution is 7.91. The fraction of sp³-hybridized carbons (Fsp3) is 0.600. The normalized spacial score (nSPS) is 21.1. The van der Waals surface area contributed by atoms with Crippen LogP contribution >= 0.6 is 12.4 Å². The number of aryl methyl sites for hydroxylation is 1. The summed E-state index contributed by atoms with van der Waals surface area (Å²) in [6.45, 7) is 3.04. The molecule has 0 aromatic heterocycles. The zero-order valence-electron chi connectivity index (χ0n) is 14.5. The smallest absolute Gasteiger partial charge is 0.240 e. The van der Waals surface area contributed by atoms with Gasteiger partial charge in [0, 0.05) is 19.9 Å². The number of hydrogen-bond donors (Lipinski definition) is 2. The Morgan fingerprint density at radius 3 is 2.48 bits per heavy atom. The summed E-state index contributed by atoms with van der Waals surface area (Å²) >= 11 is 0. The summed E-state index contributed by atoms with van der Waals surface area (Å²) in [7, 11) is -5.73. The van der Waals surface area contributed by atoms with E-state index in [9.17, 15) is 16.8 Å². The van der Waals surface area contributed by atoms with E-state index in [1.165, 1.54) is 18.2 Å². The molecule has 0 bridgehead atoms. The number of benzene rings is 1. The molecule has 25 heavy (non-hydrogen) atoms. The second-order valence-corrected chi connectivity index (χ2v) is 10.0. The van der Waals surface area contributed by atoms with Gasteiger partial charge in [-0.1, -0.05) is 6.07 Å². The maximum Gasteiger partial charge on any atom is 0.240 e. The molecule has 1 heterocycles. The average molecular weight is 413 g/mol. The van der Waals surface area contributed by atoms with Crippen molar-refractivity contribution >= 4 is 32.3 Å². The first-order valence-electron chi connectivity index (χ1n) is 7.64. The number of ether oxygens (including phenoxy) is 1. The van der Waals surface area contributed by atoms with Gasteiger partial charge in [-0.05, 0) is 44.0 Å². The van der Waals surface area contributed by atoms with Gasteiger partial charge < -0.3 is 10.1 Å². The third kappa shape index (κ3) is 5.38. The van der Waals surface area contributed by atoms with E-state index in [1.807, 2.05) is 0 Å². The summed E-state index contributed by atoms with van der Waals surface area (Å²) in [5.74, 6) is 0. The molecule has 144 valence electrons. The summed E-state index contributed by atoms with van der Waals surface area (Å²) in [4.78, 5) is -0.0324. The van der Waals surface area contributed by atoms with Gasteiger partial charge >= 0.3 is 0 Å². The molecule has 10 heteroatoms. The number of halogens is 1. The van der Waals surface area contributed by atoms with Gasteiger partial charge in [0.25, 0.3) is 0 Å². The van der Waals surface area contributed by atoms with Crippen molar-refractivity contribution in [1.82, 2.24) is 10.0 Å². The van der Waals surface area contributed by atoms with Crippen molar-refractivity contribution in [3.63, 3.8) is 0 Å². The van der Waals surface area contributed by atoms with Crippen LogP contribution in [0.25, 0.3) is 0 Å². The van der Waals surface area contributed by atoms with Gasteiger partial charge in [-0.15, -0.1) is 12.4 Å². The standard InChI is InChI=1S/C15H24N2O5S2.ClH/c1-12-5-6-13(23(3,18)19)9-14(12)24(20,21)17-10-15(11-22-2)7-4-8-16-15;/h5-6,9,16-17H,4,7-8,10-11H2,1-3H3;1H. The Balaban J connectivity index is 0.00000312. The summed E-state index contributed by atoms with van der Waals surface area (Å²) in [6, 6.07) is 4.12. The van der Waals surface area contributed by atoms with Crippen molar-refractivity contribution in [2.75, 3.05) is 33.1 Å². The lowest BCUT2D eigenvalue weighted by Gasteiger charge is -2.29.